The molecule has 1 fully saturated rings. The van der Waals surface area contributed by atoms with Crippen LogP contribution in [0.25, 0.3) is 0 Å². The molecule has 0 spiro atoms. The van der Waals surface area contributed by atoms with Crippen LogP contribution in [0.15, 0.2) is 15.7 Å². The average Bonchev–Trinajstić information content (AvgIpc) is 2.96. The van der Waals surface area contributed by atoms with Crippen LogP contribution < -0.4 is 5.73 Å². The van der Waals surface area contributed by atoms with Crippen LogP contribution in [-0.4, -0.2) is 25.3 Å². The Labute approximate surface area is 106 Å². The lowest BCUT2D eigenvalue weighted by Gasteiger charge is -2.22. The molecular formula is C11H18N2O2S2. The summed E-state index contributed by atoms with van der Waals surface area (Å²) in [5, 5.41) is 1.67. The van der Waals surface area contributed by atoms with Gasteiger partial charge in [-0.25, -0.2) is 8.42 Å². The molecule has 0 saturated heterocycles. The summed E-state index contributed by atoms with van der Waals surface area (Å²) < 4.78 is 26.9. The van der Waals surface area contributed by atoms with E-state index in [4.69, 9.17) is 5.73 Å². The number of hydrogen-bond acceptors (Lipinski definition) is 4. The van der Waals surface area contributed by atoms with Gasteiger partial charge in [-0.15, -0.1) is 11.3 Å². The molecule has 1 saturated carbocycles. The maximum absolute atomic E-state index is 12.4. The summed E-state index contributed by atoms with van der Waals surface area (Å²) in [6.45, 7) is 4.66. The number of nitrogens with zero attached hydrogens (tertiary/aromatic N) is 1. The molecule has 0 atom stereocenters. The number of nitrogens with two attached hydrogens (primary N) is 1. The topological polar surface area (TPSA) is 63.4 Å². The fourth-order valence-corrected chi connectivity index (χ4v) is 4.80. The Morgan fingerprint density at radius 3 is 2.59 bits per heavy atom. The van der Waals surface area contributed by atoms with Crippen LogP contribution in [0.2, 0.25) is 0 Å². The van der Waals surface area contributed by atoms with E-state index in [1.165, 1.54) is 11.3 Å². The van der Waals surface area contributed by atoms with Crippen molar-refractivity contribution in [3.05, 3.63) is 11.4 Å². The summed E-state index contributed by atoms with van der Waals surface area (Å²) in [6.07, 6.45) is 1.96. The second kappa shape index (κ2) is 4.59. The second-order valence-electron chi connectivity index (χ2n) is 4.90. The molecule has 2 N–H and O–H groups in total. The molecule has 4 nitrogen and oxygen atoms in total. The van der Waals surface area contributed by atoms with Crippen molar-refractivity contribution in [2.75, 3.05) is 12.3 Å². The zero-order chi connectivity index (χ0) is 12.6. The molecule has 1 aliphatic carbocycles. The zero-order valence-corrected chi connectivity index (χ0v) is 11.7. The Morgan fingerprint density at radius 1 is 1.53 bits per heavy atom. The monoisotopic (exact) mass is 274 g/mol. The first-order chi connectivity index (χ1) is 7.91. The predicted molar refractivity (Wildman–Crippen MR) is 70.5 cm³/mol. The first-order valence-corrected chi connectivity index (χ1v) is 8.09. The lowest BCUT2D eigenvalue weighted by molar-refractivity contribution is 0.361. The van der Waals surface area contributed by atoms with Crippen LogP contribution in [0.4, 0.5) is 5.69 Å². The molecule has 96 valence electrons. The second-order valence-corrected chi connectivity index (χ2v) is 7.93. The van der Waals surface area contributed by atoms with E-state index in [1.54, 1.807) is 15.8 Å². The Balaban J connectivity index is 2.28. The van der Waals surface area contributed by atoms with Crippen LogP contribution in [-0.2, 0) is 10.0 Å². The highest BCUT2D eigenvalue weighted by atomic mass is 32.2. The first-order valence-electron chi connectivity index (χ1n) is 5.77. The van der Waals surface area contributed by atoms with E-state index in [2.05, 4.69) is 0 Å². The highest BCUT2D eigenvalue weighted by molar-refractivity contribution is 7.91. The van der Waals surface area contributed by atoms with Gasteiger partial charge >= 0.3 is 0 Å². The van der Waals surface area contributed by atoms with Gasteiger partial charge in [0.25, 0.3) is 10.0 Å². The number of rotatable bonds is 5. The fraction of sp³-hybridized carbons (Fsp3) is 0.636. The third-order valence-electron chi connectivity index (χ3n) is 2.66. The van der Waals surface area contributed by atoms with Crippen LogP contribution in [0.5, 0.6) is 0 Å². The normalized spacial score (nSPS) is 16.9. The van der Waals surface area contributed by atoms with E-state index in [1.807, 2.05) is 13.8 Å². The molecule has 2 rings (SSSR count). The molecule has 0 unspecified atom stereocenters. The number of anilines is 1. The molecule has 1 heterocycles. The van der Waals surface area contributed by atoms with Gasteiger partial charge in [-0.1, -0.05) is 13.8 Å². The summed E-state index contributed by atoms with van der Waals surface area (Å²) >= 11 is 1.20. The molecule has 1 aromatic rings. The molecule has 0 radical (unpaired) electrons. The van der Waals surface area contributed by atoms with Gasteiger partial charge in [0.15, 0.2) is 0 Å². The van der Waals surface area contributed by atoms with Crippen molar-refractivity contribution in [3.8, 4) is 0 Å². The third kappa shape index (κ3) is 2.81. The minimum atomic E-state index is -3.34. The Kier molecular flexibility index (Phi) is 3.47. The van der Waals surface area contributed by atoms with Crippen molar-refractivity contribution in [2.45, 2.75) is 36.9 Å². The molecule has 0 bridgehead atoms. The van der Waals surface area contributed by atoms with E-state index in [9.17, 15) is 8.42 Å². The molecule has 0 aliphatic heterocycles. The summed E-state index contributed by atoms with van der Waals surface area (Å²) in [6, 6.07) is 1.75. The third-order valence-corrected chi connectivity index (χ3v) is 6.01. The minimum Gasteiger partial charge on any atom is -0.398 e. The lowest BCUT2D eigenvalue weighted by Crippen LogP contribution is -2.35. The molecule has 6 heteroatoms. The SMILES string of the molecule is CC(C)CN(C1CC1)S(=O)(=O)c1cc(N)cs1. The molecule has 0 amide bonds. The average molecular weight is 274 g/mol. The number of sulfonamides is 1. The quantitative estimate of drug-likeness (QED) is 0.894. The van der Waals surface area contributed by atoms with Gasteiger partial charge in [0.2, 0.25) is 0 Å². The van der Waals surface area contributed by atoms with Crippen molar-refractivity contribution >= 4 is 27.0 Å². The van der Waals surface area contributed by atoms with Gasteiger partial charge in [-0.3, -0.25) is 0 Å². The van der Waals surface area contributed by atoms with E-state index in [0.29, 0.717) is 22.4 Å². The van der Waals surface area contributed by atoms with Crippen LogP contribution >= 0.6 is 11.3 Å². The van der Waals surface area contributed by atoms with Crippen molar-refractivity contribution in [3.63, 3.8) is 0 Å². The highest BCUT2D eigenvalue weighted by Crippen LogP contribution is 2.34. The lowest BCUT2D eigenvalue weighted by atomic mass is 10.2. The van der Waals surface area contributed by atoms with E-state index >= 15 is 0 Å². The summed E-state index contributed by atoms with van der Waals surface area (Å²) in [4.78, 5) is 0. The van der Waals surface area contributed by atoms with Crippen LogP contribution in [0.1, 0.15) is 26.7 Å². The van der Waals surface area contributed by atoms with Crippen molar-refractivity contribution in [1.82, 2.24) is 4.31 Å². The van der Waals surface area contributed by atoms with E-state index in [-0.39, 0.29) is 6.04 Å². The highest BCUT2D eigenvalue weighted by Gasteiger charge is 2.38. The van der Waals surface area contributed by atoms with Gasteiger partial charge in [0.05, 0.1) is 0 Å². The van der Waals surface area contributed by atoms with Crippen molar-refractivity contribution < 1.29 is 8.42 Å². The molecule has 17 heavy (non-hydrogen) atoms. The predicted octanol–water partition coefficient (Wildman–Crippen LogP) is 2.14. The van der Waals surface area contributed by atoms with Crippen molar-refractivity contribution in [2.24, 2.45) is 5.92 Å². The van der Waals surface area contributed by atoms with Gasteiger partial charge in [0, 0.05) is 23.7 Å². The molecule has 1 aliphatic rings. The van der Waals surface area contributed by atoms with Gasteiger partial charge in [0.1, 0.15) is 4.21 Å². The maximum Gasteiger partial charge on any atom is 0.252 e. The summed E-state index contributed by atoms with van der Waals surface area (Å²) in [7, 11) is -3.34. The van der Waals surface area contributed by atoms with Gasteiger partial charge < -0.3 is 5.73 Å². The largest absolute Gasteiger partial charge is 0.398 e. The Bertz CT molecular complexity index is 489. The van der Waals surface area contributed by atoms with E-state index < -0.39 is 10.0 Å². The summed E-state index contributed by atoms with van der Waals surface area (Å²) in [5.41, 5.74) is 6.12. The number of nitrogen functional groups attached to an aromatic ring is 1. The van der Waals surface area contributed by atoms with E-state index in [0.717, 1.165) is 12.8 Å². The number of thiophene rings is 1. The first kappa shape index (κ1) is 12.9. The van der Waals surface area contributed by atoms with Crippen LogP contribution in [0, 0.1) is 5.92 Å². The zero-order valence-electron chi connectivity index (χ0n) is 10.1. The molecular weight excluding hydrogens is 256 g/mol. The standard InChI is InChI=1S/C11H18N2O2S2/c1-8(2)6-13(10-3-4-10)17(14,15)11-5-9(12)7-16-11/h5,7-8,10H,3-4,6,12H2,1-2H3. The number of hydrogen-bond donors (Lipinski definition) is 1. The summed E-state index contributed by atoms with van der Waals surface area (Å²) in [5.74, 6) is 0.336. The Hall–Kier alpha value is -0.590. The van der Waals surface area contributed by atoms with Crippen LogP contribution in [0.3, 0.4) is 0 Å². The molecule has 1 aromatic heterocycles. The fourth-order valence-electron chi connectivity index (χ4n) is 1.75. The van der Waals surface area contributed by atoms with Gasteiger partial charge in [-0.05, 0) is 24.8 Å². The smallest absolute Gasteiger partial charge is 0.252 e. The molecule has 0 aromatic carbocycles. The van der Waals surface area contributed by atoms with Gasteiger partial charge in [-0.2, -0.15) is 4.31 Å². The Morgan fingerprint density at radius 2 is 2.18 bits per heavy atom. The maximum atomic E-state index is 12.4. The van der Waals surface area contributed by atoms with Crippen molar-refractivity contribution in [1.29, 1.82) is 0 Å². The minimum absolute atomic E-state index is 0.200.